The first-order chi connectivity index (χ1) is 11.1. The van der Waals surface area contributed by atoms with E-state index in [4.69, 9.17) is 9.47 Å². The topological polar surface area (TPSA) is 101 Å². The Morgan fingerprint density at radius 3 is 2.65 bits per heavy atom. The highest BCUT2D eigenvalue weighted by Gasteiger charge is 2.24. The van der Waals surface area contributed by atoms with Gasteiger partial charge in [0.1, 0.15) is 5.69 Å². The van der Waals surface area contributed by atoms with Crippen LogP contribution in [0.4, 0.5) is 0 Å². The fourth-order valence-corrected chi connectivity index (χ4v) is 2.40. The van der Waals surface area contributed by atoms with Crippen LogP contribution in [0.2, 0.25) is 0 Å². The number of rotatable bonds is 4. The first kappa shape index (κ1) is 14.8. The van der Waals surface area contributed by atoms with Gasteiger partial charge in [0.2, 0.25) is 5.69 Å². The van der Waals surface area contributed by atoms with E-state index in [1.165, 1.54) is 14.2 Å². The molecule has 0 aliphatic carbocycles. The van der Waals surface area contributed by atoms with E-state index in [0.29, 0.717) is 44.8 Å². The van der Waals surface area contributed by atoms with Crippen molar-refractivity contribution in [2.75, 3.05) is 14.2 Å². The molecule has 0 spiro atoms. The smallest absolute Gasteiger partial charge is 0.253 e. The van der Waals surface area contributed by atoms with Crippen LogP contribution in [0.3, 0.4) is 0 Å². The molecule has 118 valence electrons. The maximum Gasteiger partial charge on any atom is 0.253 e. The lowest BCUT2D eigenvalue weighted by Gasteiger charge is -2.12. The minimum absolute atomic E-state index is 0.252. The zero-order valence-electron chi connectivity index (χ0n) is 12.7. The van der Waals surface area contributed by atoms with E-state index < -0.39 is 0 Å². The van der Waals surface area contributed by atoms with Gasteiger partial charge in [-0.1, -0.05) is 0 Å². The molecule has 0 radical (unpaired) electrons. The Bertz CT molecular complexity index is 904. The zero-order chi connectivity index (χ0) is 16.6. The van der Waals surface area contributed by atoms with E-state index in [1.54, 1.807) is 25.1 Å². The van der Waals surface area contributed by atoms with Crippen molar-refractivity contribution in [3.63, 3.8) is 0 Å². The normalized spacial score (nSPS) is 10.7. The summed E-state index contributed by atoms with van der Waals surface area (Å²) in [6.45, 7) is 1.57. The number of ether oxygens (including phenoxy) is 2. The molecule has 0 bridgehead atoms. The summed E-state index contributed by atoms with van der Waals surface area (Å²) in [7, 11) is 3.02. The van der Waals surface area contributed by atoms with Gasteiger partial charge in [-0.3, -0.25) is 9.42 Å². The molecular weight excluding hydrogens is 302 g/mol. The summed E-state index contributed by atoms with van der Waals surface area (Å²) < 4.78 is 15.4. The monoisotopic (exact) mass is 315 g/mol. The molecule has 0 N–H and O–H groups in total. The first-order valence-corrected chi connectivity index (χ1v) is 6.68. The van der Waals surface area contributed by atoms with E-state index in [0.717, 1.165) is 0 Å². The summed E-state index contributed by atoms with van der Waals surface area (Å²) in [6.07, 6.45) is 0.642. The van der Waals surface area contributed by atoms with Crippen LogP contribution in [-0.2, 0) is 0 Å². The third-order valence-electron chi connectivity index (χ3n) is 3.54. The first-order valence-electron chi connectivity index (χ1n) is 6.68. The van der Waals surface area contributed by atoms with Gasteiger partial charge in [0.25, 0.3) is 5.69 Å². The summed E-state index contributed by atoms with van der Waals surface area (Å²) >= 11 is 0. The van der Waals surface area contributed by atoms with Gasteiger partial charge in [-0.25, -0.2) is 4.98 Å². The molecule has 8 nitrogen and oxygen atoms in total. The molecule has 0 aliphatic heterocycles. The molecule has 0 saturated heterocycles. The number of nitrogens with zero attached hydrogens (tertiary/aromatic N) is 3. The molecule has 23 heavy (non-hydrogen) atoms. The molecule has 0 fully saturated rings. The van der Waals surface area contributed by atoms with Crippen LogP contribution < -0.4 is 14.4 Å². The van der Waals surface area contributed by atoms with Crippen molar-refractivity contribution in [3.05, 3.63) is 34.8 Å². The van der Waals surface area contributed by atoms with Gasteiger partial charge in [-0.2, -0.15) is 0 Å². The molecule has 1 aromatic carbocycles. The number of aldehydes is 1. The van der Waals surface area contributed by atoms with E-state index in [2.05, 4.69) is 14.8 Å². The molecule has 0 aliphatic rings. The number of methoxy groups -OCH3 is 2. The lowest BCUT2D eigenvalue weighted by atomic mass is 10.0. The van der Waals surface area contributed by atoms with Gasteiger partial charge in [0.05, 0.1) is 25.3 Å². The molecule has 8 heteroatoms. The highest BCUT2D eigenvalue weighted by Crippen LogP contribution is 2.40. The molecule has 0 saturated carbocycles. The van der Waals surface area contributed by atoms with Gasteiger partial charge in [-0.05, 0) is 23.1 Å². The lowest BCUT2D eigenvalue weighted by molar-refractivity contribution is -0.806. The second kappa shape index (κ2) is 5.56. The number of hydrogen-bond donors (Lipinski definition) is 0. The molecule has 2 heterocycles. The maximum absolute atomic E-state index is 11.5. The largest absolute Gasteiger partial charge is 0.493 e. The van der Waals surface area contributed by atoms with Gasteiger partial charge in [-0.15, -0.1) is 0 Å². The van der Waals surface area contributed by atoms with Crippen molar-refractivity contribution in [3.8, 4) is 22.8 Å². The van der Waals surface area contributed by atoms with Crippen LogP contribution in [-0.4, -0.2) is 30.6 Å². The lowest BCUT2D eigenvalue weighted by Crippen LogP contribution is -2.25. The zero-order valence-corrected chi connectivity index (χ0v) is 12.7. The molecule has 3 aromatic rings. The van der Waals surface area contributed by atoms with Crippen molar-refractivity contribution in [2.45, 2.75) is 6.92 Å². The number of benzene rings is 1. The number of pyridine rings is 1. The Balaban J connectivity index is 2.44. The van der Waals surface area contributed by atoms with Crippen molar-refractivity contribution >= 4 is 17.2 Å². The second-order valence-corrected chi connectivity index (χ2v) is 4.77. The third kappa shape index (κ3) is 2.24. The van der Waals surface area contributed by atoms with Crippen molar-refractivity contribution < 1.29 is 23.8 Å². The molecule has 3 rings (SSSR count). The number of carbonyl (C=O) groups excluding carboxylic acids is 1. The Hall–Kier alpha value is -3.16. The summed E-state index contributed by atoms with van der Waals surface area (Å²) in [5, 5.41) is 15.9. The van der Waals surface area contributed by atoms with Crippen LogP contribution in [0, 0.1) is 12.1 Å². The summed E-state index contributed by atoms with van der Waals surface area (Å²) in [5.74, 6) is 0.933. The Kier molecular flexibility index (Phi) is 3.57. The number of aromatic nitrogens is 3. The molecule has 0 unspecified atom stereocenters. The molecular formula is C15H13N3O5. The van der Waals surface area contributed by atoms with Crippen LogP contribution >= 0.6 is 0 Å². The van der Waals surface area contributed by atoms with E-state index in [1.807, 2.05) is 0 Å². The predicted octanol–water partition coefficient (Wildman–Crippen LogP) is 1.66. The van der Waals surface area contributed by atoms with Crippen LogP contribution in [0.25, 0.3) is 22.2 Å². The predicted molar refractivity (Wildman–Crippen MR) is 79.4 cm³/mol. The standard InChI is InChI=1S/C15H13N3O5/c1-8-13(17-23-18(8)20)11-6-12(21-2)15(22-3)10-5-4-9(7-19)16-14(10)11/h4-7H,1-3H3. The van der Waals surface area contributed by atoms with Crippen molar-refractivity contribution in [1.29, 1.82) is 0 Å². The van der Waals surface area contributed by atoms with Gasteiger partial charge < -0.3 is 14.7 Å². The van der Waals surface area contributed by atoms with E-state index in [9.17, 15) is 10.0 Å². The van der Waals surface area contributed by atoms with Crippen molar-refractivity contribution in [2.24, 2.45) is 0 Å². The molecule has 0 amide bonds. The fourth-order valence-electron chi connectivity index (χ4n) is 2.40. The SMILES string of the molecule is COc1cc(-c2no[n+]([O-])c2C)c2nc(C=O)ccc2c1OC. The highest BCUT2D eigenvalue weighted by molar-refractivity contribution is 6.00. The number of fused-ring (bicyclic) bond motifs is 1. The summed E-state index contributed by atoms with van der Waals surface area (Å²) in [5.41, 5.74) is 1.82. The molecule has 2 aromatic heterocycles. The van der Waals surface area contributed by atoms with Gasteiger partial charge in [0, 0.05) is 17.5 Å². The summed E-state index contributed by atoms with van der Waals surface area (Å²) in [6, 6.07) is 4.93. The maximum atomic E-state index is 11.5. The fraction of sp³-hybridized carbons (Fsp3) is 0.200. The Morgan fingerprint density at radius 2 is 2.09 bits per heavy atom. The summed E-state index contributed by atoms with van der Waals surface area (Å²) in [4.78, 5) is 15.7. The number of carbonyl (C=O) groups is 1. The van der Waals surface area contributed by atoms with Crippen LogP contribution in [0.1, 0.15) is 16.2 Å². The van der Waals surface area contributed by atoms with Crippen LogP contribution in [0.15, 0.2) is 22.8 Å². The van der Waals surface area contributed by atoms with Crippen LogP contribution in [0.5, 0.6) is 11.5 Å². The minimum Gasteiger partial charge on any atom is -0.493 e. The second-order valence-electron chi connectivity index (χ2n) is 4.77. The van der Waals surface area contributed by atoms with E-state index in [-0.39, 0.29) is 11.4 Å². The number of hydrogen-bond acceptors (Lipinski definition) is 7. The van der Waals surface area contributed by atoms with Crippen molar-refractivity contribution in [1.82, 2.24) is 10.1 Å². The van der Waals surface area contributed by atoms with Gasteiger partial charge >= 0.3 is 0 Å². The average molecular weight is 315 g/mol. The molecule has 0 atom stereocenters. The average Bonchev–Trinajstić information content (AvgIpc) is 2.91. The Morgan fingerprint density at radius 1 is 1.30 bits per heavy atom. The Labute approximate surface area is 130 Å². The minimum atomic E-state index is 0.252. The van der Waals surface area contributed by atoms with Gasteiger partial charge in [0.15, 0.2) is 17.8 Å². The quantitative estimate of drug-likeness (QED) is 0.533. The third-order valence-corrected chi connectivity index (χ3v) is 3.54. The van der Waals surface area contributed by atoms with E-state index >= 15 is 0 Å². The highest BCUT2D eigenvalue weighted by atomic mass is 16.8.